The second kappa shape index (κ2) is 7.48. The van der Waals surface area contributed by atoms with Gasteiger partial charge in [-0.05, 0) is 60.5 Å². The van der Waals surface area contributed by atoms with E-state index >= 15 is 0 Å². The highest BCUT2D eigenvalue weighted by atomic mass is 32.1. The normalized spacial score (nSPS) is 19.2. The maximum atomic E-state index is 13.0. The Balaban J connectivity index is 1.57. The van der Waals surface area contributed by atoms with Gasteiger partial charge in [0.15, 0.2) is 10.9 Å². The lowest BCUT2D eigenvalue weighted by atomic mass is 9.85. The van der Waals surface area contributed by atoms with E-state index in [9.17, 15) is 9.18 Å². The monoisotopic (exact) mass is 382 g/mol. The molecule has 1 atom stereocenters. The average molecular weight is 382 g/mol. The molecule has 0 saturated carbocycles. The van der Waals surface area contributed by atoms with Crippen molar-refractivity contribution >= 4 is 23.1 Å². The highest BCUT2D eigenvalue weighted by molar-refractivity contribution is 7.80. The lowest BCUT2D eigenvalue weighted by molar-refractivity contribution is -0.116. The minimum absolute atomic E-state index is 0.154. The van der Waals surface area contributed by atoms with Gasteiger partial charge < -0.3 is 15.4 Å². The van der Waals surface area contributed by atoms with E-state index in [0.29, 0.717) is 23.9 Å². The Hall–Kier alpha value is -2.73. The number of thiocarbonyl (C=S) groups is 1. The first-order valence-electron chi connectivity index (χ1n) is 8.91. The smallest absolute Gasteiger partial charge is 0.171 e. The molecule has 2 aromatic carbocycles. The largest absolute Gasteiger partial charge is 0.489 e. The van der Waals surface area contributed by atoms with Crippen LogP contribution in [0, 0.1) is 5.82 Å². The number of carbonyl (C=O) groups excluding carboxylic acids is 1. The topological polar surface area (TPSA) is 50.4 Å². The second-order valence-electron chi connectivity index (χ2n) is 6.69. The van der Waals surface area contributed by atoms with E-state index in [1.165, 1.54) is 12.1 Å². The van der Waals surface area contributed by atoms with Crippen molar-refractivity contribution in [1.82, 2.24) is 10.6 Å². The predicted octanol–water partition coefficient (Wildman–Crippen LogP) is 3.93. The molecule has 0 fully saturated rings. The molecule has 1 unspecified atom stereocenters. The Morgan fingerprint density at radius 3 is 2.78 bits per heavy atom. The molecule has 0 radical (unpaired) electrons. The van der Waals surface area contributed by atoms with Crippen LogP contribution < -0.4 is 15.4 Å². The van der Waals surface area contributed by atoms with Crippen molar-refractivity contribution in [1.29, 1.82) is 0 Å². The molecule has 0 spiro atoms. The summed E-state index contributed by atoms with van der Waals surface area (Å²) >= 11 is 5.32. The molecule has 2 aromatic rings. The third kappa shape index (κ3) is 3.85. The number of nitrogens with one attached hydrogen (secondary N) is 2. The second-order valence-corrected chi connectivity index (χ2v) is 7.10. The maximum absolute atomic E-state index is 13.0. The molecule has 2 aliphatic rings. The summed E-state index contributed by atoms with van der Waals surface area (Å²) in [7, 11) is 0. The van der Waals surface area contributed by atoms with Crippen molar-refractivity contribution in [2.45, 2.75) is 31.9 Å². The fourth-order valence-corrected chi connectivity index (χ4v) is 3.73. The van der Waals surface area contributed by atoms with Crippen LogP contribution in [0.4, 0.5) is 4.39 Å². The highest BCUT2D eigenvalue weighted by Gasteiger charge is 2.33. The van der Waals surface area contributed by atoms with Gasteiger partial charge in [0.2, 0.25) is 0 Å². The standard InChI is InChI=1S/C21H19FN2O2S/c22-15-9-7-13(8-10-15)12-26-16-4-1-3-14(11-16)20-19-17(23-21(27)24-20)5-2-6-18(19)25/h1,3-4,7-11,20H,2,5-6,12H2,(H2,23,24,27). The summed E-state index contributed by atoms with van der Waals surface area (Å²) in [5, 5.41) is 6.88. The molecule has 0 aromatic heterocycles. The molecule has 2 N–H and O–H groups in total. The van der Waals surface area contributed by atoms with E-state index in [1.807, 2.05) is 24.3 Å². The first-order chi connectivity index (χ1) is 13.1. The summed E-state index contributed by atoms with van der Waals surface area (Å²) in [6, 6.07) is 13.6. The number of hydrogen-bond acceptors (Lipinski definition) is 3. The highest BCUT2D eigenvalue weighted by Crippen LogP contribution is 2.34. The van der Waals surface area contributed by atoms with E-state index < -0.39 is 0 Å². The Morgan fingerprint density at radius 1 is 1.15 bits per heavy atom. The van der Waals surface area contributed by atoms with Crippen LogP contribution in [0.15, 0.2) is 59.8 Å². The zero-order valence-corrected chi connectivity index (χ0v) is 15.4. The Kier molecular flexibility index (Phi) is 4.90. The quantitative estimate of drug-likeness (QED) is 0.785. The van der Waals surface area contributed by atoms with Crippen LogP contribution in [0.5, 0.6) is 5.75 Å². The van der Waals surface area contributed by atoms with E-state index in [4.69, 9.17) is 17.0 Å². The molecule has 6 heteroatoms. The van der Waals surface area contributed by atoms with E-state index in [1.54, 1.807) is 12.1 Å². The fourth-order valence-electron chi connectivity index (χ4n) is 3.49. The fraction of sp³-hybridized carbons (Fsp3) is 0.238. The predicted molar refractivity (Wildman–Crippen MR) is 105 cm³/mol. The first kappa shape index (κ1) is 17.7. The van der Waals surface area contributed by atoms with Gasteiger partial charge in [0.25, 0.3) is 0 Å². The van der Waals surface area contributed by atoms with E-state index in [0.717, 1.165) is 35.2 Å². The van der Waals surface area contributed by atoms with Crippen LogP contribution in [0.1, 0.15) is 36.4 Å². The van der Waals surface area contributed by atoms with E-state index in [2.05, 4.69) is 10.6 Å². The number of ether oxygens (including phenoxy) is 1. The van der Waals surface area contributed by atoms with Gasteiger partial charge >= 0.3 is 0 Å². The zero-order valence-electron chi connectivity index (χ0n) is 14.6. The molecule has 4 nitrogen and oxygen atoms in total. The lowest BCUT2D eigenvalue weighted by Gasteiger charge is -2.33. The minimum Gasteiger partial charge on any atom is -0.489 e. The Bertz CT molecular complexity index is 924. The molecule has 138 valence electrons. The van der Waals surface area contributed by atoms with Gasteiger partial charge in [0.1, 0.15) is 18.2 Å². The van der Waals surface area contributed by atoms with Gasteiger partial charge in [-0.3, -0.25) is 4.79 Å². The van der Waals surface area contributed by atoms with Crippen molar-refractivity contribution in [2.24, 2.45) is 0 Å². The van der Waals surface area contributed by atoms with Gasteiger partial charge in [-0.2, -0.15) is 0 Å². The van der Waals surface area contributed by atoms with Crippen molar-refractivity contribution in [3.05, 3.63) is 76.7 Å². The summed E-state index contributed by atoms with van der Waals surface area (Å²) in [4.78, 5) is 12.5. The van der Waals surface area contributed by atoms with Crippen LogP contribution in [0.25, 0.3) is 0 Å². The summed E-state index contributed by atoms with van der Waals surface area (Å²) < 4.78 is 18.9. The number of benzene rings is 2. The number of allylic oxidation sites excluding steroid dienone is 1. The van der Waals surface area contributed by atoms with E-state index in [-0.39, 0.29) is 17.6 Å². The molecule has 0 saturated heterocycles. The maximum Gasteiger partial charge on any atom is 0.171 e. The van der Waals surface area contributed by atoms with Gasteiger partial charge in [-0.25, -0.2) is 4.39 Å². The van der Waals surface area contributed by atoms with Crippen LogP contribution in [0.3, 0.4) is 0 Å². The molecule has 27 heavy (non-hydrogen) atoms. The molecule has 1 heterocycles. The number of ketones is 1. The first-order valence-corrected chi connectivity index (χ1v) is 9.32. The van der Waals surface area contributed by atoms with Crippen molar-refractivity contribution < 1.29 is 13.9 Å². The number of rotatable bonds is 4. The molecule has 0 bridgehead atoms. The van der Waals surface area contributed by atoms with Gasteiger partial charge in [0, 0.05) is 17.7 Å². The Morgan fingerprint density at radius 2 is 1.96 bits per heavy atom. The summed E-state index contributed by atoms with van der Waals surface area (Å²) in [6.07, 6.45) is 2.24. The van der Waals surface area contributed by atoms with Gasteiger partial charge in [0.05, 0.1) is 6.04 Å². The third-order valence-electron chi connectivity index (χ3n) is 4.79. The Labute approximate surface area is 162 Å². The summed E-state index contributed by atoms with van der Waals surface area (Å²) in [6.45, 7) is 0.342. The van der Waals surface area contributed by atoms with Crippen molar-refractivity contribution in [2.75, 3.05) is 0 Å². The van der Waals surface area contributed by atoms with Gasteiger partial charge in [-0.15, -0.1) is 0 Å². The number of halogens is 1. The van der Waals surface area contributed by atoms with Crippen LogP contribution in [-0.4, -0.2) is 10.9 Å². The minimum atomic E-state index is -0.269. The van der Waals surface area contributed by atoms with Crippen LogP contribution >= 0.6 is 12.2 Å². The molecular weight excluding hydrogens is 363 g/mol. The lowest BCUT2D eigenvalue weighted by Crippen LogP contribution is -2.46. The molecule has 1 aliphatic heterocycles. The van der Waals surface area contributed by atoms with Gasteiger partial charge in [-0.1, -0.05) is 24.3 Å². The van der Waals surface area contributed by atoms with Crippen molar-refractivity contribution in [3.8, 4) is 5.75 Å². The number of hydrogen-bond donors (Lipinski definition) is 2. The SMILES string of the molecule is O=C1CCCC2=C1C(c1cccc(OCc3ccc(F)cc3)c1)NC(=S)N2. The third-order valence-corrected chi connectivity index (χ3v) is 5.01. The number of Topliss-reactive ketones (excluding diaryl/α,β-unsaturated/α-hetero) is 1. The number of carbonyl (C=O) groups is 1. The van der Waals surface area contributed by atoms with Crippen molar-refractivity contribution in [3.63, 3.8) is 0 Å². The van der Waals surface area contributed by atoms with Crippen LogP contribution in [0.2, 0.25) is 0 Å². The van der Waals surface area contributed by atoms with Crippen LogP contribution in [-0.2, 0) is 11.4 Å². The molecule has 0 amide bonds. The molecular formula is C21H19FN2O2S. The average Bonchev–Trinajstić information content (AvgIpc) is 2.67. The zero-order chi connectivity index (χ0) is 18.8. The molecule has 1 aliphatic carbocycles. The summed E-state index contributed by atoms with van der Waals surface area (Å²) in [5.41, 5.74) is 3.51. The molecule has 4 rings (SSSR count). The summed E-state index contributed by atoms with van der Waals surface area (Å²) in [5.74, 6) is 0.574.